The second-order valence-electron chi connectivity index (χ2n) is 5.64. The Hall–Kier alpha value is -2.04. The van der Waals surface area contributed by atoms with Crippen molar-refractivity contribution in [2.75, 3.05) is 0 Å². The SMILES string of the molecule is Cc1ccc(C(=O)[C@@H](C)OC(=O)[C@H](C)Oc2ccc(Cl)cc2Cl)cc1. The maximum atomic E-state index is 12.3. The molecule has 0 unspecified atom stereocenters. The van der Waals surface area contributed by atoms with Crippen molar-refractivity contribution in [2.45, 2.75) is 33.0 Å². The smallest absolute Gasteiger partial charge is 0.347 e. The summed E-state index contributed by atoms with van der Waals surface area (Å²) in [5.74, 6) is -0.614. The first kappa shape index (κ1) is 19.3. The van der Waals surface area contributed by atoms with Gasteiger partial charge in [-0.1, -0.05) is 53.0 Å². The molecule has 0 amide bonds. The highest BCUT2D eigenvalue weighted by Crippen LogP contribution is 2.28. The first-order chi connectivity index (χ1) is 11.8. The van der Waals surface area contributed by atoms with Gasteiger partial charge in [0.15, 0.2) is 12.2 Å². The lowest BCUT2D eigenvalue weighted by Gasteiger charge is -2.18. The topological polar surface area (TPSA) is 52.6 Å². The Balaban J connectivity index is 1.97. The largest absolute Gasteiger partial charge is 0.477 e. The average Bonchev–Trinajstić information content (AvgIpc) is 2.57. The third-order valence-corrected chi connectivity index (χ3v) is 4.06. The Bertz CT molecular complexity index is 771. The molecule has 132 valence electrons. The Morgan fingerprint density at radius 2 is 1.60 bits per heavy atom. The fourth-order valence-electron chi connectivity index (χ4n) is 2.09. The molecule has 0 saturated heterocycles. The molecule has 0 bridgehead atoms. The van der Waals surface area contributed by atoms with E-state index in [0.29, 0.717) is 16.3 Å². The Labute approximate surface area is 156 Å². The van der Waals surface area contributed by atoms with Gasteiger partial charge in [-0.25, -0.2) is 4.79 Å². The van der Waals surface area contributed by atoms with Crippen LogP contribution in [-0.4, -0.2) is 24.0 Å². The molecule has 0 aliphatic heterocycles. The molecule has 6 heteroatoms. The number of rotatable bonds is 6. The number of aryl methyl sites for hydroxylation is 1. The van der Waals surface area contributed by atoms with Crippen LogP contribution in [0.5, 0.6) is 5.75 Å². The molecular formula is C19H18Cl2O4. The number of esters is 1. The van der Waals surface area contributed by atoms with E-state index in [1.54, 1.807) is 24.3 Å². The number of Topliss-reactive ketones (excluding diaryl/α,β-unsaturated/α-hetero) is 1. The van der Waals surface area contributed by atoms with Gasteiger partial charge in [-0.05, 0) is 39.0 Å². The molecule has 0 saturated carbocycles. The van der Waals surface area contributed by atoms with Gasteiger partial charge < -0.3 is 9.47 Å². The average molecular weight is 381 g/mol. The van der Waals surface area contributed by atoms with E-state index in [4.69, 9.17) is 32.7 Å². The molecule has 0 aliphatic carbocycles. The van der Waals surface area contributed by atoms with Gasteiger partial charge >= 0.3 is 5.97 Å². The molecule has 0 fully saturated rings. The summed E-state index contributed by atoms with van der Waals surface area (Å²) >= 11 is 11.8. The van der Waals surface area contributed by atoms with Gasteiger partial charge in [-0.15, -0.1) is 0 Å². The monoisotopic (exact) mass is 380 g/mol. The minimum absolute atomic E-state index is 0.273. The Kier molecular flexibility index (Phi) is 6.45. The predicted molar refractivity (Wildman–Crippen MR) is 97.6 cm³/mol. The highest BCUT2D eigenvalue weighted by molar-refractivity contribution is 6.35. The van der Waals surface area contributed by atoms with E-state index >= 15 is 0 Å². The van der Waals surface area contributed by atoms with E-state index in [1.807, 2.05) is 19.1 Å². The molecule has 0 N–H and O–H groups in total. The zero-order chi connectivity index (χ0) is 18.6. The number of benzene rings is 2. The van der Waals surface area contributed by atoms with Crippen molar-refractivity contribution in [3.63, 3.8) is 0 Å². The summed E-state index contributed by atoms with van der Waals surface area (Å²) in [7, 11) is 0. The van der Waals surface area contributed by atoms with Crippen LogP contribution >= 0.6 is 23.2 Å². The summed E-state index contributed by atoms with van der Waals surface area (Å²) in [4.78, 5) is 24.5. The Morgan fingerprint density at radius 3 is 2.20 bits per heavy atom. The lowest BCUT2D eigenvalue weighted by atomic mass is 10.1. The van der Waals surface area contributed by atoms with E-state index in [1.165, 1.54) is 19.9 Å². The summed E-state index contributed by atoms with van der Waals surface area (Å²) < 4.78 is 10.7. The molecule has 0 heterocycles. The van der Waals surface area contributed by atoms with Gasteiger partial charge in [-0.3, -0.25) is 4.79 Å². The van der Waals surface area contributed by atoms with Crippen LogP contribution in [0.25, 0.3) is 0 Å². The molecular weight excluding hydrogens is 363 g/mol. The molecule has 0 aromatic heterocycles. The fourth-order valence-corrected chi connectivity index (χ4v) is 2.54. The Morgan fingerprint density at radius 1 is 0.960 bits per heavy atom. The van der Waals surface area contributed by atoms with Crippen molar-refractivity contribution < 1.29 is 19.1 Å². The highest BCUT2D eigenvalue weighted by Gasteiger charge is 2.24. The summed E-state index contributed by atoms with van der Waals surface area (Å²) in [5, 5.41) is 0.751. The van der Waals surface area contributed by atoms with Gasteiger partial charge in [0.2, 0.25) is 5.78 Å². The van der Waals surface area contributed by atoms with Gasteiger partial charge in [-0.2, -0.15) is 0 Å². The van der Waals surface area contributed by atoms with Crippen molar-refractivity contribution in [3.8, 4) is 5.75 Å². The lowest BCUT2D eigenvalue weighted by Crippen LogP contribution is -2.32. The van der Waals surface area contributed by atoms with Crippen LogP contribution in [0.4, 0.5) is 0 Å². The zero-order valence-electron chi connectivity index (χ0n) is 14.1. The molecule has 0 spiro atoms. The van der Waals surface area contributed by atoms with Crippen LogP contribution in [0.2, 0.25) is 10.0 Å². The van der Waals surface area contributed by atoms with Crippen molar-refractivity contribution in [1.29, 1.82) is 0 Å². The number of hydrogen-bond acceptors (Lipinski definition) is 4. The number of ether oxygens (including phenoxy) is 2. The number of carbonyl (C=O) groups excluding carboxylic acids is 2. The van der Waals surface area contributed by atoms with E-state index in [9.17, 15) is 9.59 Å². The van der Waals surface area contributed by atoms with Crippen LogP contribution in [-0.2, 0) is 9.53 Å². The van der Waals surface area contributed by atoms with Gasteiger partial charge in [0.25, 0.3) is 0 Å². The summed E-state index contributed by atoms with van der Waals surface area (Å²) in [5.41, 5.74) is 1.53. The summed E-state index contributed by atoms with van der Waals surface area (Å²) in [6, 6.07) is 11.7. The quantitative estimate of drug-likeness (QED) is 0.529. The van der Waals surface area contributed by atoms with Crippen LogP contribution in [0, 0.1) is 6.92 Å². The summed E-state index contributed by atoms with van der Waals surface area (Å²) in [6.45, 7) is 4.98. The van der Waals surface area contributed by atoms with E-state index in [2.05, 4.69) is 0 Å². The standard InChI is InChI=1S/C19H18Cl2O4/c1-11-4-6-14(7-5-11)18(22)12(2)25-19(23)13(3)24-17-9-8-15(20)10-16(17)21/h4-10,12-13H,1-3H3/t12-,13+/m1/s1. The molecule has 0 radical (unpaired) electrons. The number of hydrogen-bond donors (Lipinski definition) is 0. The van der Waals surface area contributed by atoms with Crippen LogP contribution in [0.3, 0.4) is 0 Å². The molecule has 2 atom stereocenters. The second-order valence-corrected chi connectivity index (χ2v) is 6.49. The van der Waals surface area contributed by atoms with Crippen molar-refractivity contribution >= 4 is 35.0 Å². The highest BCUT2D eigenvalue weighted by atomic mass is 35.5. The minimum Gasteiger partial charge on any atom is -0.477 e. The van der Waals surface area contributed by atoms with Crippen molar-refractivity contribution in [1.82, 2.24) is 0 Å². The maximum Gasteiger partial charge on any atom is 0.347 e. The van der Waals surface area contributed by atoms with Crippen LogP contribution in [0.1, 0.15) is 29.8 Å². The van der Waals surface area contributed by atoms with Crippen LogP contribution in [0.15, 0.2) is 42.5 Å². The first-order valence-corrected chi connectivity index (χ1v) is 8.46. The van der Waals surface area contributed by atoms with Crippen molar-refractivity contribution in [2.24, 2.45) is 0 Å². The normalized spacial score (nSPS) is 13.0. The summed E-state index contributed by atoms with van der Waals surface area (Å²) in [6.07, 6.45) is -1.84. The van der Waals surface area contributed by atoms with Gasteiger partial charge in [0.1, 0.15) is 5.75 Å². The second kappa shape index (κ2) is 8.37. The number of halogens is 2. The fraction of sp³-hybridized carbons (Fsp3) is 0.263. The predicted octanol–water partition coefficient (Wildman–Crippen LogP) is 4.88. The molecule has 2 rings (SSSR count). The molecule has 4 nitrogen and oxygen atoms in total. The van der Waals surface area contributed by atoms with Crippen molar-refractivity contribution in [3.05, 3.63) is 63.6 Å². The number of carbonyl (C=O) groups is 2. The minimum atomic E-state index is -0.924. The molecule has 2 aromatic rings. The third-order valence-electron chi connectivity index (χ3n) is 3.53. The lowest BCUT2D eigenvalue weighted by molar-refractivity contribution is -0.153. The third kappa shape index (κ3) is 5.21. The van der Waals surface area contributed by atoms with E-state index in [0.717, 1.165) is 5.56 Å². The maximum absolute atomic E-state index is 12.3. The molecule has 25 heavy (non-hydrogen) atoms. The van der Waals surface area contributed by atoms with Gasteiger partial charge in [0.05, 0.1) is 5.02 Å². The van der Waals surface area contributed by atoms with Crippen LogP contribution < -0.4 is 4.74 Å². The first-order valence-electron chi connectivity index (χ1n) is 7.71. The molecule has 2 aromatic carbocycles. The van der Waals surface area contributed by atoms with E-state index < -0.39 is 18.2 Å². The van der Waals surface area contributed by atoms with E-state index in [-0.39, 0.29) is 10.8 Å². The molecule has 0 aliphatic rings. The zero-order valence-corrected chi connectivity index (χ0v) is 15.6. The number of ketones is 1. The van der Waals surface area contributed by atoms with Gasteiger partial charge in [0, 0.05) is 10.6 Å².